The summed E-state index contributed by atoms with van der Waals surface area (Å²) in [4.78, 5) is 14.0. The maximum atomic E-state index is 12.4. The van der Waals surface area contributed by atoms with Gasteiger partial charge in [0.2, 0.25) is 15.9 Å². The molecule has 1 saturated heterocycles. The topological polar surface area (TPSA) is 66.5 Å². The number of sulfonamides is 1. The molecule has 132 valence electrons. The smallest absolute Gasteiger partial charge is 0.242 e. The zero-order valence-electron chi connectivity index (χ0n) is 13.8. The largest absolute Gasteiger partial charge is 0.312 e. The van der Waals surface area contributed by atoms with Gasteiger partial charge in [-0.2, -0.15) is 0 Å². The van der Waals surface area contributed by atoms with E-state index in [1.54, 1.807) is 17.0 Å². The van der Waals surface area contributed by atoms with Crippen LogP contribution in [0.25, 0.3) is 0 Å². The van der Waals surface area contributed by atoms with E-state index in [0.717, 1.165) is 11.3 Å². The summed E-state index contributed by atoms with van der Waals surface area (Å²) >= 11 is 5.96. The summed E-state index contributed by atoms with van der Waals surface area (Å²) in [6, 6.07) is 14.0. The van der Waals surface area contributed by atoms with Crippen molar-refractivity contribution in [1.82, 2.24) is 4.72 Å². The van der Waals surface area contributed by atoms with E-state index in [0.29, 0.717) is 13.0 Å². The third kappa shape index (κ3) is 4.03. The van der Waals surface area contributed by atoms with E-state index < -0.39 is 10.0 Å². The molecule has 0 radical (unpaired) electrons. The molecule has 1 amide bonds. The maximum absolute atomic E-state index is 12.4. The van der Waals surface area contributed by atoms with Gasteiger partial charge < -0.3 is 4.90 Å². The first-order valence-electron chi connectivity index (χ1n) is 7.98. The summed E-state index contributed by atoms with van der Waals surface area (Å²) in [6.45, 7) is 2.68. The lowest BCUT2D eigenvalue weighted by Crippen LogP contribution is -2.31. The molecule has 0 spiro atoms. The second-order valence-electron chi connectivity index (χ2n) is 6.19. The first kappa shape index (κ1) is 17.9. The van der Waals surface area contributed by atoms with Crippen LogP contribution < -0.4 is 9.62 Å². The molecule has 2 aromatic carbocycles. The molecule has 1 aliphatic rings. The molecule has 0 aromatic heterocycles. The Morgan fingerprint density at radius 3 is 2.52 bits per heavy atom. The van der Waals surface area contributed by atoms with Gasteiger partial charge >= 0.3 is 0 Å². The minimum absolute atomic E-state index is 0.00537. The quantitative estimate of drug-likeness (QED) is 0.869. The number of aryl methyl sites for hydroxylation is 1. The van der Waals surface area contributed by atoms with E-state index in [9.17, 15) is 13.2 Å². The second kappa shape index (κ2) is 7.15. The number of hydrogen-bond acceptors (Lipinski definition) is 3. The van der Waals surface area contributed by atoms with E-state index in [4.69, 9.17) is 11.6 Å². The minimum Gasteiger partial charge on any atom is -0.312 e. The van der Waals surface area contributed by atoms with Crippen LogP contribution in [-0.4, -0.2) is 27.4 Å². The Labute approximate surface area is 152 Å². The molecule has 0 unspecified atom stereocenters. The van der Waals surface area contributed by atoms with E-state index in [-0.39, 0.29) is 28.3 Å². The maximum Gasteiger partial charge on any atom is 0.242 e. The Bertz CT molecular complexity index is 881. The number of carbonyl (C=O) groups excluding carboxylic acids is 1. The van der Waals surface area contributed by atoms with Crippen LogP contribution in [0.3, 0.4) is 0 Å². The molecule has 1 heterocycles. The average Bonchev–Trinajstić information content (AvgIpc) is 2.95. The Morgan fingerprint density at radius 2 is 1.84 bits per heavy atom. The molecular formula is C18H19ClN2O3S. The number of halogens is 1. The van der Waals surface area contributed by atoms with Crippen LogP contribution in [-0.2, 0) is 14.8 Å². The van der Waals surface area contributed by atoms with Crippen LogP contribution in [0.2, 0.25) is 5.02 Å². The zero-order valence-corrected chi connectivity index (χ0v) is 15.3. The van der Waals surface area contributed by atoms with E-state index >= 15 is 0 Å². The van der Waals surface area contributed by atoms with E-state index in [1.165, 1.54) is 12.1 Å². The van der Waals surface area contributed by atoms with Gasteiger partial charge in [0.1, 0.15) is 4.90 Å². The van der Waals surface area contributed by atoms with Gasteiger partial charge in [-0.3, -0.25) is 4.79 Å². The number of benzene rings is 2. The Morgan fingerprint density at radius 1 is 1.16 bits per heavy atom. The molecule has 3 rings (SSSR count). The molecule has 2 aromatic rings. The van der Waals surface area contributed by atoms with Crippen molar-refractivity contribution in [3.05, 3.63) is 59.1 Å². The van der Waals surface area contributed by atoms with Gasteiger partial charge in [0, 0.05) is 25.2 Å². The molecular weight excluding hydrogens is 360 g/mol. The number of anilines is 1. The molecule has 1 atom stereocenters. The van der Waals surface area contributed by atoms with Gasteiger partial charge in [-0.05, 0) is 37.1 Å². The van der Waals surface area contributed by atoms with Gasteiger partial charge in [-0.25, -0.2) is 13.1 Å². The number of hydrogen-bond donors (Lipinski definition) is 1. The molecule has 1 fully saturated rings. The number of nitrogens with one attached hydrogen (secondary N) is 1. The monoisotopic (exact) mass is 378 g/mol. The first-order valence-corrected chi connectivity index (χ1v) is 9.84. The van der Waals surface area contributed by atoms with Crippen LogP contribution in [0.1, 0.15) is 12.0 Å². The number of rotatable bonds is 5. The zero-order chi connectivity index (χ0) is 18.0. The number of amides is 1. The third-order valence-corrected chi connectivity index (χ3v) is 6.16. The lowest BCUT2D eigenvalue weighted by atomic mass is 10.1. The first-order chi connectivity index (χ1) is 11.9. The van der Waals surface area contributed by atoms with Gasteiger partial charge in [-0.15, -0.1) is 0 Å². The van der Waals surface area contributed by atoms with Gasteiger partial charge in [-0.1, -0.05) is 41.4 Å². The van der Waals surface area contributed by atoms with Crippen LogP contribution >= 0.6 is 11.6 Å². The fraction of sp³-hybridized carbons (Fsp3) is 0.278. The fourth-order valence-corrected chi connectivity index (χ4v) is 4.49. The normalized spacial score (nSPS) is 17.9. The molecule has 1 aliphatic heterocycles. The Hall–Kier alpha value is -1.89. The molecule has 5 nitrogen and oxygen atoms in total. The molecule has 7 heteroatoms. The minimum atomic E-state index is -3.70. The van der Waals surface area contributed by atoms with Crippen molar-refractivity contribution in [2.45, 2.75) is 18.2 Å². The Balaban J connectivity index is 1.66. The standard InChI is InChI=1S/C18H19ClN2O3S/c1-13-6-8-15(9-7-13)21-12-14(10-18(21)22)11-20-25(23,24)17-5-3-2-4-16(17)19/h2-9,14,20H,10-12H2,1H3/t14-/m0/s1. The Kier molecular flexibility index (Phi) is 5.13. The van der Waals surface area contributed by atoms with Crippen LogP contribution in [0, 0.1) is 12.8 Å². The second-order valence-corrected chi connectivity index (χ2v) is 8.33. The highest BCUT2D eigenvalue weighted by molar-refractivity contribution is 7.89. The van der Waals surface area contributed by atoms with Gasteiger partial charge in [0.05, 0.1) is 5.02 Å². The molecule has 0 aliphatic carbocycles. The highest BCUT2D eigenvalue weighted by atomic mass is 35.5. The van der Waals surface area contributed by atoms with Crippen molar-refractivity contribution in [3.8, 4) is 0 Å². The lowest BCUT2D eigenvalue weighted by Gasteiger charge is -2.17. The van der Waals surface area contributed by atoms with Crippen LogP contribution in [0.15, 0.2) is 53.4 Å². The van der Waals surface area contributed by atoms with Gasteiger partial charge in [0.25, 0.3) is 0 Å². The third-order valence-electron chi connectivity index (χ3n) is 4.24. The molecule has 1 N–H and O–H groups in total. The van der Waals surface area contributed by atoms with Crippen molar-refractivity contribution >= 4 is 33.2 Å². The van der Waals surface area contributed by atoms with Crippen molar-refractivity contribution in [2.24, 2.45) is 5.92 Å². The molecule has 0 saturated carbocycles. The predicted octanol–water partition coefficient (Wildman–Crippen LogP) is 2.98. The summed E-state index contributed by atoms with van der Waals surface area (Å²) in [5.74, 6) is -0.0724. The molecule has 0 bridgehead atoms. The van der Waals surface area contributed by atoms with E-state index in [1.807, 2.05) is 31.2 Å². The van der Waals surface area contributed by atoms with Crippen molar-refractivity contribution in [1.29, 1.82) is 0 Å². The summed E-state index contributed by atoms with van der Waals surface area (Å²) < 4.78 is 27.3. The summed E-state index contributed by atoms with van der Waals surface area (Å²) in [5, 5.41) is 0.179. The highest BCUT2D eigenvalue weighted by Gasteiger charge is 2.31. The van der Waals surface area contributed by atoms with Crippen molar-refractivity contribution in [3.63, 3.8) is 0 Å². The van der Waals surface area contributed by atoms with Crippen molar-refractivity contribution in [2.75, 3.05) is 18.0 Å². The van der Waals surface area contributed by atoms with E-state index in [2.05, 4.69) is 4.72 Å². The van der Waals surface area contributed by atoms with Crippen LogP contribution in [0.4, 0.5) is 5.69 Å². The van der Waals surface area contributed by atoms with Crippen LogP contribution in [0.5, 0.6) is 0 Å². The fourth-order valence-electron chi connectivity index (χ4n) is 2.86. The number of carbonyl (C=O) groups is 1. The highest BCUT2D eigenvalue weighted by Crippen LogP contribution is 2.26. The van der Waals surface area contributed by atoms with Crippen molar-refractivity contribution < 1.29 is 13.2 Å². The predicted molar refractivity (Wildman–Crippen MR) is 98.3 cm³/mol. The summed E-state index contributed by atoms with van der Waals surface area (Å²) in [6.07, 6.45) is 0.318. The lowest BCUT2D eigenvalue weighted by molar-refractivity contribution is -0.117. The number of nitrogens with zero attached hydrogens (tertiary/aromatic N) is 1. The summed E-state index contributed by atoms with van der Waals surface area (Å²) in [5.41, 5.74) is 1.96. The average molecular weight is 379 g/mol. The van der Waals surface area contributed by atoms with Gasteiger partial charge in [0.15, 0.2) is 0 Å². The summed E-state index contributed by atoms with van der Waals surface area (Å²) in [7, 11) is -3.70. The molecule has 25 heavy (non-hydrogen) atoms. The SMILES string of the molecule is Cc1ccc(N2C[C@H](CNS(=O)(=O)c3ccccc3Cl)CC2=O)cc1.